The Kier molecular flexibility index (Phi) is 9.72. The van der Waals surface area contributed by atoms with Gasteiger partial charge in [0.15, 0.2) is 0 Å². The van der Waals surface area contributed by atoms with Crippen LogP contribution in [0.25, 0.3) is 0 Å². The molecule has 31 heavy (non-hydrogen) atoms. The van der Waals surface area contributed by atoms with E-state index in [1.54, 1.807) is 24.3 Å². The van der Waals surface area contributed by atoms with E-state index in [4.69, 9.17) is 10.2 Å². The molecule has 0 aliphatic carbocycles. The Morgan fingerprint density at radius 1 is 0.677 bits per heavy atom. The van der Waals surface area contributed by atoms with Crippen molar-refractivity contribution < 1.29 is 30.0 Å². The Hall–Kier alpha value is -3.18. The molecular formula is C21H28N4O6. The molecule has 0 fully saturated rings. The highest BCUT2D eigenvalue weighted by Crippen LogP contribution is 2.16. The summed E-state index contributed by atoms with van der Waals surface area (Å²) in [6.45, 7) is -0.933. The normalized spacial score (nSPS) is 12.5. The van der Waals surface area contributed by atoms with E-state index in [0.717, 1.165) is 11.1 Å². The van der Waals surface area contributed by atoms with Crippen molar-refractivity contribution in [3.05, 3.63) is 59.7 Å². The van der Waals surface area contributed by atoms with Crippen molar-refractivity contribution in [2.24, 2.45) is 0 Å². The Morgan fingerprint density at radius 3 is 1.35 bits per heavy atom. The van der Waals surface area contributed by atoms with Crippen molar-refractivity contribution in [3.63, 3.8) is 0 Å². The topological polar surface area (TPSA) is 163 Å². The third-order valence-corrected chi connectivity index (χ3v) is 4.25. The number of aliphatic hydroxyl groups is 4. The molecule has 0 aliphatic rings. The minimum absolute atomic E-state index is 0.0441. The van der Waals surface area contributed by atoms with Gasteiger partial charge in [0, 0.05) is 24.5 Å². The molecule has 0 aliphatic heterocycles. The molecule has 0 radical (unpaired) electrons. The lowest BCUT2D eigenvalue weighted by Gasteiger charge is -2.11. The summed E-state index contributed by atoms with van der Waals surface area (Å²) in [4.78, 5) is 23.5. The van der Waals surface area contributed by atoms with Crippen LogP contribution in [0.1, 0.15) is 11.1 Å². The molecule has 0 heterocycles. The first-order valence-electron chi connectivity index (χ1n) is 9.75. The summed E-state index contributed by atoms with van der Waals surface area (Å²) < 4.78 is 0. The van der Waals surface area contributed by atoms with Gasteiger partial charge in [-0.3, -0.25) is 0 Å². The number of aliphatic hydroxyl groups excluding tert-OH is 4. The van der Waals surface area contributed by atoms with E-state index in [9.17, 15) is 19.8 Å². The lowest BCUT2D eigenvalue weighted by molar-refractivity contribution is 0.0965. The van der Waals surface area contributed by atoms with Gasteiger partial charge in [0.05, 0.1) is 25.4 Å². The number of nitrogens with one attached hydrogen (secondary N) is 4. The molecule has 2 aromatic rings. The minimum atomic E-state index is -0.997. The van der Waals surface area contributed by atoms with Crippen molar-refractivity contribution in [2.75, 3.05) is 36.9 Å². The van der Waals surface area contributed by atoms with E-state index < -0.39 is 37.5 Å². The number of benzene rings is 2. The van der Waals surface area contributed by atoms with Crippen LogP contribution < -0.4 is 21.3 Å². The average Bonchev–Trinajstić information content (AvgIpc) is 2.78. The minimum Gasteiger partial charge on any atom is -0.394 e. The second-order valence-corrected chi connectivity index (χ2v) is 6.91. The van der Waals surface area contributed by atoms with Crippen LogP contribution in [0.3, 0.4) is 0 Å². The highest BCUT2D eigenvalue weighted by molar-refractivity contribution is 5.89. The lowest BCUT2D eigenvalue weighted by atomic mass is 10.0. The monoisotopic (exact) mass is 432 g/mol. The fraction of sp³-hybridized carbons (Fsp3) is 0.333. The maximum atomic E-state index is 11.7. The van der Waals surface area contributed by atoms with Gasteiger partial charge in [-0.15, -0.1) is 0 Å². The van der Waals surface area contributed by atoms with Crippen LogP contribution in [0.4, 0.5) is 21.0 Å². The lowest BCUT2D eigenvalue weighted by Crippen LogP contribution is -2.36. The van der Waals surface area contributed by atoms with Gasteiger partial charge in [0.1, 0.15) is 0 Å². The van der Waals surface area contributed by atoms with Gasteiger partial charge in [-0.25, -0.2) is 9.59 Å². The molecule has 2 atom stereocenters. The van der Waals surface area contributed by atoms with E-state index in [0.29, 0.717) is 17.8 Å². The maximum Gasteiger partial charge on any atom is 0.319 e. The van der Waals surface area contributed by atoms with Crippen LogP contribution in [-0.2, 0) is 6.42 Å². The average molecular weight is 432 g/mol. The highest BCUT2D eigenvalue weighted by Gasteiger charge is 2.07. The highest BCUT2D eigenvalue weighted by atomic mass is 16.3. The number of hydrogen-bond donors (Lipinski definition) is 8. The van der Waals surface area contributed by atoms with Gasteiger partial charge >= 0.3 is 12.1 Å². The van der Waals surface area contributed by atoms with Gasteiger partial charge in [-0.2, -0.15) is 0 Å². The molecule has 10 heteroatoms. The first-order chi connectivity index (χ1) is 14.9. The second kappa shape index (κ2) is 12.5. The predicted octanol–water partition coefficient (Wildman–Crippen LogP) is 0.227. The van der Waals surface area contributed by atoms with Crippen molar-refractivity contribution in [1.29, 1.82) is 0 Å². The summed E-state index contributed by atoms with van der Waals surface area (Å²) in [5.74, 6) is 0. The number of carbonyl (C=O) groups is 2. The summed E-state index contributed by atoms with van der Waals surface area (Å²) in [5, 5.41) is 46.1. The number of carbonyl (C=O) groups excluding carboxylic acids is 2. The van der Waals surface area contributed by atoms with Crippen molar-refractivity contribution >= 4 is 23.4 Å². The SMILES string of the molecule is O=C(NC[C@@H](O)CO)Nc1ccc(Cc2ccc(NC(=O)NC[C@@H](O)CO)cc2)cc1. The number of anilines is 2. The second-order valence-electron chi connectivity index (χ2n) is 6.91. The fourth-order valence-electron chi connectivity index (χ4n) is 2.55. The van der Waals surface area contributed by atoms with Gasteiger partial charge < -0.3 is 41.7 Å². The molecular weight excluding hydrogens is 404 g/mol. The van der Waals surface area contributed by atoms with Crippen LogP contribution in [-0.4, -0.2) is 71.0 Å². The number of rotatable bonds is 10. The summed E-state index contributed by atoms with van der Waals surface area (Å²) >= 11 is 0. The number of amides is 4. The molecule has 2 aromatic carbocycles. The van der Waals surface area contributed by atoms with Crippen LogP contribution >= 0.6 is 0 Å². The van der Waals surface area contributed by atoms with Crippen LogP contribution in [0.5, 0.6) is 0 Å². The molecule has 10 nitrogen and oxygen atoms in total. The predicted molar refractivity (Wildman–Crippen MR) is 116 cm³/mol. The molecule has 0 unspecified atom stereocenters. The standard InChI is InChI=1S/C21H28N4O6/c26-12-18(28)10-22-20(30)24-16-5-1-14(2-6-16)9-15-3-7-17(8-4-15)25-21(31)23-11-19(29)13-27/h1-8,18-19,26-29H,9-13H2,(H2,22,24,30)(H2,23,25,31)/t18-,19-/m1/s1. The molecule has 0 bridgehead atoms. The van der Waals surface area contributed by atoms with Gasteiger partial charge in [0.25, 0.3) is 0 Å². The molecule has 0 saturated carbocycles. The Labute approximate surface area is 179 Å². The van der Waals surface area contributed by atoms with E-state index in [1.165, 1.54) is 0 Å². The van der Waals surface area contributed by atoms with Gasteiger partial charge in [-0.05, 0) is 41.8 Å². The van der Waals surface area contributed by atoms with Crippen molar-refractivity contribution in [2.45, 2.75) is 18.6 Å². The summed E-state index contributed by atoms with van der Waals surface area (Å²) in [7, 11) is 0. The zero-order chi connectivity index (χ0) is 22.6. The third kappa shape index (κ3) is 9.01. The number of hydrogen-bond acceptors (Lipinski definition) is 6. The van der Waals surface area contributed by atoms with Crippen molar-refractivity contribution in [1.82, 2.24) is 10.6 Å². The van der Waals surface area contributed by atoms with E-state index in [-0.39, 0.29) is 13.1 Å². The van der Waals surface area contributed by atoms with Crippen molar-refractivity contribution in [3.8, 4) is 0 Å². The zero-order valence-corrected chi connectivity index (χ0v) is 16.9. The molecule has 8 N–H and O–H groups in total. The van der Waals surface area contributed by atoms with Gasteiger partial charge in [-0.1, -0.05) is 24.3 Å². The quantitative estimate of drug-likeness (QED) is 0.268. The summed E-state index contributed by atoms with van der Waals surface area (Å²) in [6, 6.07) is 13.6. The van der Waals surface area contributed by atoms with Gasteiger partial charge in [0.2, 0.25) is 0 Å². The smallest absolute Gasteiger partial charge is 0.319 e. The van der Waals surface area contributed by atoms with E-state index in [2.05, 4.69) is 21.3 Å². The molecule has 0 saturated heterocycles. The third-order valence-electron chi connectivity index (χ3n) is 4.25. The number of urea groups is 2. The van der Waals surface area contributed by atoms with E-state index >= 15 is 0 Å². The molecule has 2 rings (SSSR count). The molecule has 0 aromatic heterocycles. The first kappa shape index (κ1) is 24.1. The summed E-state index contributed by atoms with van der Waals surface area (Å²) in [6.07, 6.45) is -1.34. The largest absolute Gasteiger partial charge is 0.394 e. The summed E-state index contributed by atoms with van der Waals surface area (Å²) in [5.41, 5.74) is 3.24. The van der Waals surface area contributed by atoms with Crippen LogP contribution in [0.2, 0.25) is 0 Å². The Bertz CT molecular complexity index is 759. The fourth-order valence-corrected chi connectivity index (χ4v) is 2.55. The Morgan fingerprint density at radius 2 is 1.03 bits per heavy atom. The Balaban J connectivity index is 1.81. The molecule has 4 amide bonds. The van der Waals surface area contributed by atoms with Crippen LogP contribution in [0, 0.1) is 0 Å². The maximum absolute atomic E-state index is 11.7. The first-order valence-corrected chi connectivity index (χ1v) is 9.75. The zero-order valence-electron chi connectivity index (χ0n) is 16.9. The van der Waals surface area contributed by atoms with E-state index in [1.807, 2.05) is 24.3 Å². The molecule has 168 valence electrons. The molecule has 0 spiro atoms. The van der Waals surface area contributed by atoms with Crippen LogP contribution in [0.15, 0.2) is 48.5 Å².